The molecule has 0 fully saturated rings. The van der Waals surface area contributed by atoms with Crippen LogP contribution in [-0.2, 0) is 4.74 Å². The van der Waals surface area contributed by atoms with Gasteiger partial charge in [0.1, 0.15) is 0 Å². The third kappa shape index (κ3) is 5.44. The molecule has 0 aromatic rings. The van der Waals surface area contributed by atoms with Gasteiger partial charge in [0, 0.05) is 11.6 Å². The van der Waals surface area contributed by atoms with Crippen LogP contribution >= 0.6 is 0 Å². The Balaban J connectivity index is 3.95. The summed E-state index contributed by atoms with van der Waals surface area (Å²) in [7, 11) is -1.19. The Kier molecular flexibility index (Phi) is 4.62. The van der Waals surface area contributed by atoms with Gasteiger partial charge in [-0.3, -0.25) is 0 Å². The molecule has 0 radical (unpaired) electrons. The van der Waals surface area contributed by atoms with Gasteiger partial charge in [0.05, 0.1) is 8.07 Å². The van der Waals surface area contributed by atoms with E-state index < -0.39 is 14.4 Å². The molecule has 0 aromatic carbocycles. The summed E-state index contributed by atoms with van der Waals surface area (Å²) in [5.41, 5.74) is -0.125. The Morgan fingerprint density at radius 2 is 1.77 bits per heavy atom. The van der Waals surface area contributed by atoms with Gasteiger partial charge in [-0.2, -0.15) is 0 Å². The average molecular weight is 204 g/mol. The highest BCUT2D eigenvalue weighted by atomic mass is 28.3. The fraction of sp³-hybridized carbons (Fsp3) is 1.00. The first-order chi connectivity index (χ1) is 5.69. The van der Waals surface area contributed by atoms with Crippen LogP contribution in [0.4, 0.5) is 0 Å². The van der Waals surface area contributed by atoms with Gasteiger partial charge in [0.25, 0.3) is 0 Å². The number of aliphatic hydroxyl groups is 1. The van der Waals surface area contributed by atoms with Gasteiger partial charge in [-0.05, 0) is 6.42 Å². The van der Waals surface area contributed by atoms with Gasteiger partial charge in [-0.1, -0.05) is 40.4 Å². The van der Waals surface area contributed by atoms with E-state index in [2.05, 4.69) is 26.6 Å². The molecule has 0 spiro atoms. The lowest BCUT2D eigenvalue weighted by Crippen LogP contribution is -2.37. The molecule has 0 aromatic heterocycles. The van der Waals surface area contributed by atoms with E-state index in [4.69, 9.17) is 4.74 Å². The molecule has 0 unspecified atom stereocenters. The molecule has 2 nitrogen and oxygen atoms in total. The van der Waals surface area contributed by atoms with Crippen molar-refractivity contribution < 1.29 is 9.84 Å². The largest absolute Gasteiger partial charge is 0.368 e. The molecule has 3 heteroatoms. The number of rotatable bonds is 5. The van der Waals surface area contributed by atoms with Crippen LogP contribution in [0, 0.1) is 5.41 Å². The predicted molar refractivity (Wildman–Crippen MR) is 59.4 cm³/mol. The van der Waals surface area contributed by atoms with Gasteiger partial charge in [0.2, 0.25) is 0 Å². The van der Waals surface area contributed by atoms with E-state index in [0.717, 1.165) is 12.7 Å². The second-order valence-electron chi connectivity index (χ2n) is 5.57. The van der Waals surface area contributed by atoms with Crippen LogP contribution in [0.3, 0.4) is 0 Å². The van der Waals surface area contributed by atoms with Crippen molar-refractivity contribution in [3.63, 3.8) is 0 Å². The Labute approximate surface area is 83.3 Å². The van der Waals surface area contributed by atoms with Crippen LogP contribution in [0.5, 0.6) is 0 Å². The van der Waals surface area contributed by atoms with E-state index in [1.807, 2.05) is 13.8 Å². The summed E-state index contributed by atoms with van der Waals surface area (Å²) in [5, 5.41) is 9.74. The summed E-state index contributed by atoms with van der Waals surface area (Å²) in [5.74, 6) is 0. The van der Waals surface area contributed by atoms with Gasteiger partial charge < -0.3 is 9.84 Å². The van der Waals surface area contributed by atoms with E-state index in [1.54, 1.807) is 0 Å². The first-order valence-electron chi connectivity index (χ1n) is 4.99. The Hall–Kier alpha value is 0.137. The van der Waals surface area contributed by atoms with Crippen LogP contribution < -0.4 is 0 Å². The quantitative estimate of drug-likeness (QED) is 0.551. The van der Waals surface area contributed by atoms with Crippen molar-refractivity contribution in [2.24, 2.45) is 5.41 Å². The molecule has 0 aliphatic heterocycles. The third-order valence-corrected chi connectivity index (χ3v) is 3.29. The molecule has 0 saturated heterocycles. The summed E-state index contributed by atoms with van der Waals surface area (Å²) in [6.45, 7) is 12.8. The van der Waals surface area contributed by atoms with Crippen LogP contribution in [0.2, 0.25) is 19.6 Å². The maximum absolute atomic E-state index is 9.74. The topological polar surface area (TPSA) is 29.5 Å². The van der Waals surface area contributed by atoms with Crippen molar-refractivity contribution in [2.45, 2.75) is 53.1 Å². The molecule has 0 aliphatic carbocycles. The van der Waals surface area contributed by atoms with Gasteiger partial charge in [-0.25, -0.2) is 0 Å². The number of hydrogen-bond acceptors (Lipinski definition) is 2. The summed E-state index contributed by atoms with van der Waals surface area (Å²) in [6.07, 6.45) is 1.04. The summed E-state index contributed by atoms with van der Waals surface area (Å²) in [4.78, 5) is 0. The van der Waals surface area contributed by atoms with Gasteiger partial charge >= 0.3 is 0 Å². The van der Waals surface area contributed by atoms with Crippen molar-refractivity contribution >= 4 is 8.07 Å². The Bertz CT molecular complexity index is 149. The summed E-state index contributed by atoms with van der Waals surface area (Å²) in [6, 6.07) is 0. The van der Waals surface area contributed by atoms with Crippen LogP contribution in [0.15, 0.2) is 0 Å². The van der Waals surface area contributed by atoms with Crippen LogP contribution in [0.1, 0.15) is 27.2 Å². The van der Waals surface area contributed by atoms with E-state index in [1.165, 1.54) is 0 Å². The normalized spacial score (nSPS) is 15.9. The van der Waals surface area contributed by atoms with Gasteiger partial charge in [-0.15, -0.1) is 0 Å². The molecule has 1 atom stereocenters. The van der Waals surface area contributed by atoms with E-state index in [-0.39, 0.29) is 5.41 Å². The summed E-state index contributed by atoms with van der Waals surface area (Å²) >= 11 is 0. The van der Waals surface area contributed by atoms with Crippen LogP contribution in [0.25, 0.3) is 0 Å². The minimum Gasteiger partial charge on any atom is -0.368 e. The highest BCUT2D eigenvalue weighted by Gasteiger charge is 2.28. The predicted octanol–water partition coefficient (Wildman–Crippen LogP) is 2.64. The smallest absolute Gasteiger partial charge is 0.159 e. The standard InChI is InChI=1S/C10H24O2Si/c1-7-10(2,3)9(11)12-8-13(4,5)6/h9,11H,7-8H2,1-6H3/t9-/m1/s1. The zero-order chi connectivity index (χ0) is 10.7. The minimum absolute atomic E-state index is 0.125. The number of ether oxygens (including phenoxy) is 1. The molecule has 0 aliphatic rings. The molecule has 0 bridgehead atoms. The molecular weight excluding hydrogens is 180 g/mol. The molecular formula is C10H24O2Si. The SMILES string of the molecule is CCC(C)(C)[C@H](O)OC[Si](C)(C)C. The fourth-order valence-electron chi connectivity index (χ4n) is 0.729. The fourth-order valence-corrected chi connectivity index (χ4v) is 1.39. The molecule has 0 saturated carbocycles. The lowest BCUT2D eigenvalue weighted by Gasteiger charge is -2.30. The van der Waals surface area contributed by atoms with Crippen molar-refractivity contribution in [3.05, 3.63) is 0 Å². The molecule has 1 N–H and O–H groups in total. The van der Waals surface area contributed by atoms with Crippen molar-refractivity contribution in [1.82, 2.24) is 0 Å². The zero-order valence-electron chi connectivity index (χ0n) is 9.85. The Morgan fingerprint density at radius 1 is 1.31 bits per heavy atom. The second kappa shape index (κ2) is 4.58. The molecule has 13 heavy (non-hydrogen) atoms. The first kappa shape index (κ1) is 13.1. The van der Waals surface area contributed by atoms with Crippen molar-refractivity contribution in [1.29, 1.82) is 0 Å². The first-order valence-corrected chi connectivity index (χ1v) is 8.69. The van der Waals surface area contributed by atoms with Crippen LogP contribution in [-0.4, -0.2) is 25.7 Å². The maximum atomic E-state index is 9.74. The maximum Gasteiger partial charge on any atom is 0.159 e. The number of hydrogen-bond donors (Lipinski definition) is 1. The molecule has 0 amide bonds. The monoisotopic (exact) mass is 204 g/mol. The Morgan fingerprint density at radius 3 is 2.08 bits per heavy atom. The average Bonchev–Trinajstić information content (AvgIpc) is 1.98. The lowest BCUT2D eigenvalue weighted by molar-refractivity contribution is -0.154. The van der Waals surface area contributed by atoms with E-state index in [9.17, 15) is 5.11 Å². The minimum atomic E-state index is -1.19. The third-order valence-electron chi connectivity index (χ3n) is 2.25. The van der Waals surface area contributed by atoms with E-state index in [0.29, 0.717) is 0 Å². The molecule has 0 heterocycles. The van der Waals surface area contributed by atoms with E-state index >= 15 is 0 Å². The van der Waals surface area contributed by atoms with Crippen molar-refractivity contribution in [2.75, 3.05) is 6.23 Å². The molecule has 80 valence electrons. The lowest BCUT2D eigenvalue weighted by atomic mass is 9.90. The second-order valence-corrected chi connectivity index (χ2v) is 11.0. The highest BCUT2D eigenvalue weighted by Crippen LogP contribution is 2.25. The van der Waals surface area contributed by atoms with Crippen molar-refractivity contribution in [3.8, 4) is 0 Å². The number of aliphatic hydroxyl groups excluding tert-OH is 1. The molecule has 0 rings (SSSR count). The van der Waals surface area contributed by atoms with Gasteiger partial charge in [0.15, 0.2) is 6.29 Å². The zero-order valence-corrected chi connectivity index (χ0v) is 10.8. The highest BCUT2D eigenvalue weighted by molar-refractivity contribution is 6.76. The summed E-state index contributed by atoms with van der Waals surface area (Å²) < 4.78 is 5.48.